The predicted molar refractivity (Wildman–Crippen MR) is 95.1 cm³/mol. The summed E-state index contributed by atoms with van der Waals surface area (Å²) >= 11 is 0. The van der Waals surface area contributed by atoms with E-state index in [-0.39, 0.29) is 17.2 Å². The van der Waals surface area contributed by atoms with Crippen molar-refractivity contribution in [1.29, 1.82) is 10.5 Å². The van der Waals surface area contributed by atoms with Crippen LogP contribution in [0.2, 0.25) is 0 Å². The molecular weight excluding hydrogens is 333 g/mol. The van der Waals surface area contributed by atoms with Crippen molar-refractivity contribution in [3.8, 4) is 12.1 Å². The van der Waals surface area contributed by atoms with Crippen molar-refractivity contribution in [2.75, 3.05) is 0 Å². The lowest BCUT2D eigenvalue weighted by molar-refractivity contribution is 0.0745. The highest BCUT2D eigenvalue weighted by Crippen LogP contribution is 2.07. The van der Waals surface area contributed by atoms with Gasteiger partial charge in [-0.1, -0.05) is 42.5 Å². The zero-order valence-electron chi connectivity index (χ0n) is 13.6. The lowest BCUT2D eigenvalue weighted by Crippen LogP contribution is -2.11. The maximum absolute atomic E-state index is 12.9. The maximum atomic E-state index is 12.9. The van der Waals surface area contributed by atoms with Crippen LogP contribution in [0.15, 0.2) is 76.0 Å². The van der Waals surface area contributed by atoms with Crippen LogP contribution in [0.25, 0.3) is 0 Å². The van der Waals surface area contributed by atoms with Crippen molar-refractivity contribution in [1.82, 2.24) is 5.48 Å². The molecule has 26 heavy (non-hydrogen) atoms. The van der Waals surface area contributed by atoms with E-state index >= 15 is 0 Å². The van der Waals surface area contributed by atoms with Gasteiger partial charge < -0.3 is 0 Å². The van der Waals surface area contributed by atoms with Gasteiger partial charge in [-0.2, -0.15) is 10.5 Å². The van der Waals surface area contributed by atoms with Crippen molar-refractivity contribution in [2.24, 2.45) is 9.98 Å². The van der Waals surface area contributed by atoms with Gasteiger partial charge in [-0.15, -0.1) is 0 Å². The fraction of sp³-hybridized carbons (Fsp3) is 0.0526. The minimum absolute atomic E-state index is 0.169. The number of aliphatic imine (C=N–C) groups is 2. The fourth-order valence-corrected chi connectivity index (χ4v) is 1.80. The van der Waals surface area contributed by atoms with Crippen LogP contribution in [0.4, 0.5) is 4.39 Å². The van der Waals surface area contributed by atoms with Gasteiger partial charge in [-0.3, -0.25) is 10.3 Å². The summed E-state index contributed by atoms with van der Waals surface area (Å²) in [6.07, 6.45) is 2.51. The van der Waals surface area contributed by atoms with Gasteiger partial charge in [0.2, 0.25) is 0 Å². The number of halogens is 1. The van der Waals surface area contributed by atoms with E-state index in [1.807, 2.05) is 30.3 Å². The van der Waals surface area contributed by atoms with Crippen LogP contribution >= 0.6 is 0 Å². The molecule has 0 aliphatic carbocycles. The lowest BCUT2D eigenvalue weighted by Gasteiger charge is -2.01. The summed E-state index contributed by atoms with van der Waals surface area (Å²) in [5.41, 5.74) is 3.68. The number of hydrogen-bond acceptors (Lipinski definition) is 5. The minimum atomic E-state index is -0.373. The van der Waals surface area contributed by atoms with E-state index in [2.05, 4.69) is 15.5 Å². The van der Waals surface area contributed by atoms with Crippen LogP contribution in [0.1, 0.15) is 11.1 Å². The Morgan fingerprint density at radius 1 is 1.00 bits per heavy atom. The normalized spacial score (nSPS) is 11.8. The molecule has 0 aliphatic rings. The van der Waals surface area contributed by atoms with Gasteiger partial charge in [-0.25, -0.2) is 14.4 Å². The second-order valence-corrected chi connectivity index (χ2v) is 4.88. The molecule has 128 valence electrons. The number of nitrogens with zero attached hydrogens (tertiary/aromatic N) is 4. The average molecular weight is 347 g/mol. The molecule has 2 aromatic rings. The van der Waals surface area contributed by atoms with E-state index in [9.17, 15) is 4.39 Å². The highest BCUT2D eigenvalue weighted by molar-refractivity contribution is 5.80. The molecular formula is C19H14FN5O. The molecule has 2 aromatic carbocycles. The third kappa shape index (κ3) is 6.00. The maximum Gasteiger partial charge on any atom is 0.178 e. The van der Waals surface area contributed by atoms with Gasteiger partial charge in [0.15, 0.2) is 11.4 Å². The highest BCUT2D eigenvalue weighted by atomic mass is 19.1. The van der Waals surface area contributed by atoms with Crippen molar-refractivity contribution in [3.63, 3.8) is 0 Å². The smallest absolute Gasteiger partial charge is 0.178 e. The molecule has 0 spiro atoms. The zero-order chi connectivity index (χ0) is 18.6. The Labute approximate surface area is 150 Å². The van der Waals surface area contributed by atoms with E-state index in [0.29, 0.717) is 12.2 Å². The summed E-state index contributed by atoms with van der Waals surface area (Å²) in [6, 6.07) is 18.6. The summed E-state index contributed by atoms with van der Waals surface area (Å²) in [6.45, 7) is 0.312. The van der Waals surface area contributed by atoms with E-state index in [1.54, 1.807) is 12.1 Å². The molecule has 6 nitrogen and oxygen atoms in total. The number of rotatable bonds is 7. The Hall–Kier alpha value is -3.81. The van der Waals surface area contributed by atoms with E-state index < -0.39 is 0 Å². The first-order chi connectivity index (χ1) is 12.7. The lowest BCUT2D eigenvalue weighted by atomic mass is 10.2. The molecule has 0 atom stereocenters. The first kappa shape index (κ1) is 18.5. The second-order valence-electron chi connectivity index (χ2n) is 4.88. The van der Waals surface area contributed by atoms with Crippen molar-refractivity contribution in [2.45, 2.75) is 6.61 Å². The quantitative estimate of drug-likeness (QED) is 0.273. The Balaban J connectivity index is 1.97. The molecule has 0 saturated heterocycles. The van der Waals surface area contributed by atoms with Crippen LogP contribution in [-0.4, -0.2) is 12.6 Å². The average Bonchev–Trinajstić information content (AvgIpc) is 2.68. The van der Waals surface area contributed by atoms with E-state index in [0.717, 1.165) is 11.9 Å². The van der Waals surface area contributed by atoms with E-state index in [4.69, 9.17) is 15.4 Å². The van der Waals surface area contributed by atoms with Crippen molar-refractivity contribution in [3.05, 3.63) is 82.9 Å². The number of nitrogens with one attached hydrogen (secondary N) is 1. The molecule has 0 aromatic heterocycles. The van der Waals surface area contributed by atoms with Crippen molar-refractivity contribution >= 4 is 12.6 Å². The van der Waals surface area contributed by atoms with Crippen LogP contribution < -0.4 is 5.48 Å². The zero-order valence-corrected chi connectivity index (χ0v) is 13.6. The molecule has 2 rings (SSSR count). The molecule has 0 aliphatic heterocycles. The number of nitriles is 2. The molecule has 1 N–H and O–H groups in total. The van der Waals surface area contributed by atoms with Crippen LogP contribution in [0, 0.1) is 28.5 Å². The summed E-state index contributed by atoms with van der Waals surface area (Å²) in [5.74, 6) is -0.373. The highest BCUT2D eigenvalue weighted by Gasteiger charge is 2.02. The van der Waals surface area contributed by atoms with Gasteiger partial charge in [-0.05, 0) is 23.3 Å². The number of hydroxylamine groups is 1. The van der Waals surface area contributed by atoms with Gasteiger partial charge in [0.1, 0.15) is 24.3 Å². The third-order valence-corrected chi connectivity index (χ3v) is 3.06. The topological polar surface area (TPSA) is 93.6 Å². The summed E-state index contributed by atoms with van der Waals surface area (Å²) in [5, 5.41) is 18.3. The summed E-state index contributed by atoms with van der Waals surface area (Å²) in [7, 11) is 0. The molecule has 0 fully saturated rings. The number of benzene rings is 2. The number of allylic oxidation sites excluding steroid dienone is 2. The molecule has 0 amide bonds. The predicted octanol–water partition coefficient (Wildman–Crippen LogP) is 3.25. The Morgan fingerprint density at radius 2 is 1.65 bits per heavy atom. The first-order valence-electron chi connectivity index (χ1n) is 7.51. The number of hydrogen-bond donors (Lipinski definition) is 1. The second kappa shape index (κ2) is 10.1. The van der Waals surface area contributed by atoms with Gasteiger partial charge >= 0.3 is 0 Å². The summed E-state index contributed by atoms with van der Waals surface area (Å²) in [4.78, 5) is 12.9. The van der Waals surface area contributed by atoms with Crippen LogP contribution in [0.3, 0.4) is 0 Å². The van der Waals surface area contributed by atoms with Crippen LogP contribution in [0.5, 0.6) is 0 Å². The van der Waals surface area contributed by atoms with Crippen LogP contribution in [-0.2, 0) is 11.4 Å². The molecule has 7 heteroatoms. The summed E-state index contributed by atoms with van der Waals surface area (Å²) < 4.78 is 12.9. The Kier molecular flexibility index (Phi) is 7.22. The Morgan fingerprint density at radius 3 is 2.31 bits per heavy atom. The molecule has 0 saturated carbocycles. The van der Waals surface area contributed by atoms with Gasteiger partial charge in [0, 0.05) is 6.21 Å². The standard InChI is InChI=1S/C19H14FN5O/c20-17-8-6-15(7-9-17)12-23-18(10-21)19(11-22)24-14-25-26-13-16-4-2-1-3-5-16/h1-9,12,14H,13H2,(H,24,25)/b19-18-,23-12?. The van der Waals surface area contributed by atoms with Crippen molar-refractivity contribution < 1.29 is 9.23 Å². The SMILES string of the molecule is N#C/C(N=CNOCc1ccccc1)=C(\C#N)N=Cc1ccc(F)cc1. The Bertz CT molecular complexity index is 890. The molecule has 0 bridgehead atoms. The molecule has 0 radical (unpaired) electrons. The first-order valence-corrected chi connectivity index (χ1v) is 7.51. The van der Waals surface area contributed by atoms with Gasteiger partial charge in [0.25, 0.3) is 0 Å². The molecule has 0 unspecified atom stereocenters. The third-order valence-electron chi connectivity index (χ3n) is 3.06. The largest absolute Gasteiger partial charge is 0.270 e. The van der Waals surface area contributed by atoms with Gasteiger partial charge in [0.05, 0.1) is 6.61 Å². The fourth-order valence-electron chi connectivity index (χ4n) is 1.80. The van der Waals surface area contributed by atoms with E-state index in [1.165, 1.54) is 30.5 Å². The minimum Gasteiger partial charge on any atom is -0.270 e. The molecule has 0 heterocycles. The monoisotopic (exact) mass is 347 g/mol.